The van der Waals surface area contributed by atoms with Crippen LogP contribution in [0, 0.1) is 6.92 Å². The van der Waals surface area contributed by atoms with Crippen LogP contribution in [0.25, 0.3) is 0 Å². The summed E-state index contributed by atoms with van der Waals surface area (Å²) < 4.78 is 5.24. The number of ether oxygens (including phenoxy) is 1. The van der Waals surface area contributed by atoms with E-state index in [0.29, 0.717) is 6.54 Å². The molecule has 18 heavy (non-hydrogen) atoms. The highest BCUT2D eigenvalue weighted by atomic mass is 16.5. The standard InChI is InChI=1S/C14H22N2O2/c1-11-7-13(18-2)8-12(16-11)9-15-14(10-17)5-3-4-6-14/h7-8,15,17H,3-6,9-10H2,1-2H3. The molecule has 1 aliphatic carbocycles. The first-order valence-corrected chi connectivity index (χ1v) is 6.55. The first-order chi connectivity index (χ1) is 8.67. The Morgan fingerprint density at radius 3 is 2.72 bits per heavy atom. The third-order valence-corrected chi connectivity index (χ3v) is 3.72. The molecule has 1 fully saturated rings. The number of aliphatic hydroxyl groups excluding tert-OH is 1. The second kappa shape index (κ2) is 5.67. The number of nitrogens with zero attached hydrogens (tertiary/aromatic N) is 1. The average molecular weight is 250 g/mol. The van der Waals surface area contributed by atoms with Gasteiger partial charge in [-0.15, -0.1) is 0 Å². The lowest BCUT2D eigenvalue weighted by molar-refractivity contribution is 0.162. The quantitative estimate of drug-likeness (QED) is 0.836. The molecule has 1 aliphatic rings. The van der Waals surface area contributed by atoms with Crippen molar-refractivity contribution in [2.24, 2.45) is 0 Å². The van der Waals surface area contributed by atoms with E-state index in [4.69, 9.17) is 4.74 Å². The monoisotopic (exact) mass is 250 g/mol. The average Bonchev–Trinajstić information content (AvgIpc) is 2.85. The van der Waals surface area contributed by atoms with E-state index in [1.807, 2.05) is 19.1 Å². The van der Waals surface area contributed by atoms with Crippen LogP contribution in [0.5, 0.6) is 5.75 Å². The van der Waals surface area contributed by atoms with Crippen LogP contribution >= 0.6 is 0 Å². The van der Waals surface area contributed by atoms with Crippen molar-refractivity contribution in [2.45, 2.75) is 44.7 Å². The molecule has 4 heteroatoms. The van der Waals surface area contributed by atoms with Gasteiger partial charge in [0.1, 0.15) is 5.75 Å². The molecule has 0 spiro atoms. The van der Waals surface area contributed by atoms with Crippen molar-refractivity contribution in [1.82, 2.24) is 10.3 Å². The highest BCUT2D eigenvalue weighted by Gasteiger charge is 2.32. The summed E-state index contributed by atoms with van der Waals surface area (Å²) in [6, 6.07) is 3.86. The summed E-state index contributed by atoms with van der Waals surface area (Å²) in [6.07, 6.45) is 4.48. The number of aromatic nitrogens is 1. The van der Waals surface area contributed by atoms with E-state index in [-0.39, 0.29) is 12.1 Å². The molecule has 1 aromatic heterocycles. The SMILES string of the molecule is COc1cc(C)nc(CNC2(CO)CCCC2)c1. The summed E-state index contributed by atoms with van der Waals surface area (Å²) in [5.74, 6) is 0.837. The zero-order chi connectivity index (χ0) is 13.0. The maximum absolute atomic E-state index is 9.54. The van der Waals surface area contributed by atoms with Gasteiger partial charge in [-0.2, -0.15) is 0 Å². The predicted molar refractivity (Wildman–Crippen MR) is 70.7 cm³/mol. The Kier molecular flexibility index (Phi) is 4.19. The van der Waals surface area contributed by atoms with Gasteiger partial charge in [-0.25, -0.2) is 0 Å². The maximum atomic E-state index is 9.54. The predicted octanol–water partition coefficient (Wildman–Crippen LogP) is 1.79. The van der Waals surface area contributed by atoms with Crippen LogP contribution in [0.15, 0.2) is 12.1 Å². The van der Waals surface area contributed by atoms with Crippen LogP contribution in [-0.2, 0) is 6.54 Å². The summed E-state index contributed by atoms with van der Waals surface area (Å²) in [6.45, 7) is 2.85. The lowest BCUT2D eigenvalue weighted by Gasteiger charge is -2.28. The van der Waals surface area contributed by atoms with Crippen molar-refractivity contribution < 1.29 is 9.84 Å². The molecule has 0 aliphatic heterocycles. The molecule has 0 bridgehead atoms. The fourth-order valence-corrected chi connectivity index (χ4v) is 2.63. The number of aliphatic hydroxyl groups is 1. The van der Waals surface area contributed by atoms with Gasteiger partial charge in [-0.3, -0.25) is 4.98 Å². The first kappa shape index (κ1) is 13.3. The smallest absolute Gasteiger partial charge is 0.122 e. The Morgan fingerprint density at radius 1 is 1.39 bits per heavy atom. The minimum atomic E-state index is -0.0986. The molecule has 1 aromatic rings. The minimum absolute atomic E-state index is 0.0986. The molecular weight excluding hydrogens is 228 g/mol. The number of hydrogen-bond acceptors (Lipinski definition) is 4. The van der Waals surface area contributed by atoms with Crippen LogP contribution in [0.4, 0.5) is 0 Å². The molecule has 0 saturated heterocycles. The Morgan fingerprint density at radius 2 is 2.11 bits per heavy atom. The number of hydrogen-bond donors (Lipinski definition) is 2. The lowest BCUT2D eigenvalue weighted by Crippen LogP contribution is -2.45. The summed E-state index contributed by atoms with van der Waals surface area (Å²) in [5, 5.41) is 13.0. The molecule has 0 atom stereocenters. The van der Waals surface area contributed by atoms with Gasteiger partial charge in [0.15, 0.2) is 0 Å². The highest BCUT2D eigenvalue weighted by molar-refractivity contribution is 5.26. The van der Waals surface area contributed by atoms with Gasteiger partial charge in [-0.05, 0) is 19.8 Å². The van der Waals surface area contributed by atoms with Gasteiger partial charge < -0.3 is 15.2 Å². The topological polar surface area (TPSA) is 54.4 Å². The van der Waals surface area contributed by atoms with Crippen molar-refractivity contribution in [3.05, 3.63) is 23.5 Å². The molecule has 2 rings (SSSR count). The van der Waals surface area contributed by atoms with E-state index in [2.05, 4.69) is 10.3 Å². The third kappa shape index (κ3) is 3.00. The minimum Gasteiger partial charge on any atom is -0.497 e. The zero-order valence-corrected chi connectivity index (χ0v) is 11.2. The van der Waals surface area contributed by atoms with Gasteiger partial charge in [0.05, 0.1) is 19.4 Å². The molecule has 4 nitrogen and oxygen atoms in total. The molecule has 0 radical (unpaired) electrons. The Balaban J connectivity index is 2.03. The second-order valence-electron chi connectivity index (χ2n) is 5.14. The highest BCUT2D eigenvalue weighted by Crippen LogP contribution is 2.29. The van der Waals surface area contributed by atoms with Gasteiger partial charge in [-0.1, -0.05) is 12.8 Å². The maximum Gasteiger partial charge on any atom is 0.122 e. The normalized spacial score (nSPS) is 17.9. The number of aryl methyl sites for hydroxylation is 1. The van der Waals surface area contributed by atoms with Crippen molar-refractivity contribution in [2.75, 3.05) is 13.7 Å². The number of methoxy groups -OCH3 is 1. The van der Waals surface area contributed by atoms with Crippen LogP contribution < -0.4 is 10.1 Å². The van der Waals surface area contributed by atoms with Crippen LogP contribution in [0.1, 0.15) is 37.1 Å². The van der Waals surface area contributed by atoms with Crippen molar-refractivity contribution in [3.63, 3.8) is 0 Å². The molecule has 1 heterocycles. The Hall–Kier alpha value is -1.13. The van der Waals surface area contributed by atoms with E-state index < -0.39 is 0 Å². The van der Waals surface area contributed by atoms with Crippen LogP contribution in [0.2, 0.25) is 0 Å². The Labute approximate surface area is 108 Å². The Bertz CT molecular complexity index is 401. The van der Waals surface area contributed by atoms with E-state index in [1.54, 1.807) is 7.11 Å². The second-order valence-corrected chi connectivity index (χ2v) is 5.14. The molecule has 1 saturated carbocycles. The van der Waals surface area contributed by atoms with Crippen LogP contribution in [0.3, 0.4) is 0 Å². The lowest BCUT2D eigenvalue weighted by atomic mass is 9.99. The fraction of sp³-hybridized carbons (Fsp3) is 0.643. The fourth-order valence-electron chi connectivity index (χ4n) is 2.63. The summed E-state index contributed by atoms with van der Waals surface area (Å²) in [5.41, 5.74) is 1.82. The molecule has 100 valence electrons. The third-order valence-electron chi connectivity index (χ3n) is 3.72. The summed E-state index contributed by atoms with van der Waals surface area (Å²) >= 11 is 0. The number of nitrogens with one attached hydrogen (secondary N) is 1. The first-order valence-electron chi connectivity index (χ1n) is 6.55. The van der Waals surface area contributed by atoms with E-state index in [1.165, 1.54) is 12.8 Å². The van der Waals surface area contributed by atoms with Gasteiger partial charge >= 0.3 is 0 Å². The van der Waals surface area contributed by atoms with Crippen molar-refractivity contribution in [3.8, 4) is 5.75 Å². The number of rotatable bonds is 5. The zero-order valence-electron chi connectivity index (χ0n) is 11.2. The van der Waals surface area contributed by atoms with Crippen molar-refractivity contribution >= 4 is 0 Å². The molecule has 0 amide bonds. The molecule has 0 aromatic carbocycles. The van der Waals surface area contributed by atoms with E-state index >= 15 is 0 Å². The summed E-state index contributed by atoms with van der Waals surface area (Å²) in [4.78, 5) is 4.48. The van der Waals surface area contributed by atoms with E-state index in [0.717, 1.165) is 30.0 Å². The van der Waals surface area contributed by atoms with Gasteiger partial charge in [0.2, 0.25) is 0 Å². The number of pyridine rings is 1. The molecule has 2 N–H and O–H groups in total. The van der Waals surface area contributed by atoms with Gasteiger partial charge in [0, 0.05) is 29.9 Å². The summed E-state index contributed by atoms with van der Waals surface area (Å²) in [7, 11) is 1.66. The van der Waals surface area contributed by atoms with Crippen LogP contribution in [-0.4, -0.2) is 29.3 Å². The van der Waals surface area contributed by atoms with E-state index in [9.17, 15) is 5.11 Å². The largest absolute Gasteiger partial charge is 0.497 e. The van der Waals surface area contributed by atoms with Gasteiger partial charge in [0.25, 0.3) is 0 Å². The molecule has 0 unspecified atom stereocenters. The van der Waals surface area contributed by atoms with Crippen molar-refractivity contribution in [1.29, 1.82) is 0 Å². The molecular formula is C14H22N2O2.